The fraction of sp³-hybridized carbons (Fsp3) is 0.786. The van der Waals surface area contributed by atoms with Gasteiger partial charge in [0.25, 0.3) is 0 Å². The SMILES string of the molecule is O=C1CCN(C(=O)NC2C3CCC(C3)C2C(=O)O)CCN1. The number of fused-ring (bicyclic) bond motifs is 2. The van der Waals surface area contributed by atoms with Crippen LogP contribution in [-0.2, 0) is 9.59 Å². The van der Waals surface area contributed by atoms with Crippen LogP contribution in [-0.4, -0.2) is 53.6 Å². The highest BCUT2D eigenvalue weighted by atomic mass is 16.4. The topological polar surface area (TPSA) is 98.7 Å². The van der Waals surface area contributed by atoms with Crippen LogP contribution < -0.4 is 10.6 Å². The van der Waals surface area contributed by atoms with Crippen molar-refractivity contribution >= 4 is 17.9 Å². The smallest absolute Gasteiger partial charge is 0.317 e. The Hall–Kier alpha value is -1.79. The predicted octanol–water partition coefficient (Wildman–Crippen LogP) is 0.0172. The van der Waals surface area contributed by atoms with Crippen molar-refractivity contribution in [3.8, 4) is 0 Å². The van der Waals surface area contributed by atoms with Crippen molar-refractivity contribution in [1.29, 1.82) is 0 Å². The molecule has 2 aliphatic carbocycles. The fourth-order valence-corrected chi connectivity index (χ4v) is 4.06. The van der Waals surface area contributed by atoms with E-state index >= 15 is 0 Å². The molecular formula is C14H21N3O4. The number of carboxylic acid groups (broad SMARTS) is 1. The lowest BCUT2D eigenvalue weighted by atomic mass is 9.84. The maximum absolute atomic E-state index is 12.3. The average Bonchev–Trinajstić information content (AvgIpc) is 2.96. The van der Waals surface area contributed by atoms with Gasteiger partial charge in [-0.15, -0.1) is 0 Å². The van der Waals surface area contributed by atoms with Crippen LogP contribution in [0.4, 0.5) is 4.79 Å². The minimum Gasteiger partial charge on any atom is -0.481 e. The van der Waals surface area contributed by atoms with Crippen LogP contribution in [0.2, 0.25) is 0 Å². The van der Waals surface area contributed by atoms with Crippen LogP contribution in [0, 0.1) is 17.8 Å². The van der Waals surface area contributed by atoms with Crippen LogP contribution >= 0.6 is 0 Å². The van der Waals surface area contributed by atoms with Gasteiger partial charge in [0.2, 0.25) is 5.91 Å². The predicted molar refractivity (Wildman–Crippen MR) is 73.5 cm³/mol. The molecule has 0 aromatic heterocycles. The molecule has 1 aliphatic heterocycles. The first-order valence-electron chi connectivity index (χ1n) is 7.61. The van der Waals surface area contributed by atoms with Gasteiger partial charge in [-0.25, -0.2) is 4.79 Å². The van der Waals surface area contributed by atoms with Crippen LogP contribution in [0.1, 0.15) is 25.7 Å². The van der Waals surface area contributed by atoms with E-state index in [-0.39, 0.29) is 29.8 Å². The molecule has 3 amide bonds. The second-order valence-electron chi connectivity index (χ2n) is 6.26. The summed E-state index contributed by atoms with van der Waals surface area (Å²) in [5, 5.41) is 15.0. The van der Waals surface area contributed by atoms with Crippen molar-refractivity contribution in [3.05, 3.63) is 0 Å². The summed E-state index contributed by atoms with van der Waals surface area (Å²) in [6.45, 7) is 1.30. The van der Waals surface area contributed by atoms with E-state index in [2.05, 4.69) is 10.6 Å². The third-order valence-corrected chi connectivity index (χ3v) is 5.09. The molecule has 3 rings (SSSR count). The number of nitrogens with zero attached hydrogens (tertiary/aromatic N) is 1. The maximum Gasteiger partial charge on any atom is 0.317 e. The quantitative estimate of drug-likeness (QED) is 0.668. The molecule has 0 radical (unpaired) electrons. The van der Waals surface area contributed by atoms with Gasteiger partial charge in [-0.1, -0.05) is 0 Å². The summed E-state index contributed by atoms with van der Waals surface area (Å²) in [6.07, 6.45) is 3.16. The molecule has 3 N–H and O–H groups in total. The third kappa shape index (κ3) is 2.69. The molecule has 0 spiro atoms. The molecule has 3 aliphatic rings. The summed E-state index contributed by atoms with van der Waals surface area (Å²) in [6, 6.07) is -0.504. The fourth-order valence-electron chi connectivity index (χ4n) is 4.06. The minimum atomic E-state index is -0.805. The van der Waals surface area contributed by atoms with Crippen LogP contribution in [0.5, 0.6) is 0 Å². The number of carbonyl (C=O) groups is 3. The minimum absolute atomic E-state index is 0.0476. The maximum atomic E-state index is 12.3. The van der Waals surface area contributed by atoms with Crippen molar-refractivity contribution in [2.45, 2.75) is 31.7 Å². The van der Waals surface area contributed by atoms with Gasteiger partial charge in [-0.05, 0) is 31.1 Å². The van der Waals surface area contributed by atoms with E-state index in [1.165, 1.54) is 0 Å². The molecule has 116 valence electrons. The Morgan fingerprint density at radius 2 is 2.00 bits per heavy atom. The van der Waals surface area contributed by atoms with E-state index in [1.54, 1.807) is 4.90 Å². The highest BCUT2D eigenvalue weighted by molar-refractivity contribution is 5.80. The number of urea groups is 1. The second-order valence-corrected chi connectivity index (χ2v) is 6.26. The molecule has 0 aromatic carbocycles. The Labute approximate surface area is 123 Å². The van der Waals surface area contributed by atoms with Crippen LogP contribution in [0.15, 0.2) is 0 Å². The molecule has 1 saturated heterocycles. The van der Waals surface area contributed by atoms with Gasteiger partial charge in [0.1, 0.15) is 0 Å². The molecule has 2 saturated carbocycles. The Morgan fingerprint density at radius 1 is 1.24 bits per heavy atom. The largest absolute Gasteiger partial charge is 0.481 e. The van der Waals surface area contributed by atoms with Crippen molar-refractivity contribution in [2.75, 3.05) is 19.6 Å². The summed E-state index contributed by atoms with van der Waals surface area (Å²) in [7, 11) is 0. The molecule has 1 heterocycles. The molecule has 3 fully saturated rings. The first-order valence-corrected chi connectivity index (χ1v) is 7.61. The summed E-state index contributed by atoms with van der Waals surface area (Å²) in [5.41, 5.74) is 0. The molecule has 7 heteroatoms. The lowest BCUT2D eigenvalue weighted by molar-refractivity contribution is -0.144. The van der Waals surface area contributed by atoms with Gasteiger partial charge >= 0.3 is 12.0 Å². The number of carboxylic acids is 1. The zero-order valence-electron chi connectivity index (χ0n) is 11.9. The van der Waals surface area contributed by atoms with Crippen molar-refractivity contribution in [1.82, 2.24) is 15.5 Å². The number of carbonyl (C=O) groups excluding carboxylic acids is 2. The molecule has 7 nitrogen and oxygen atoms in total. The Balaban J connectivity index is 1.63. The summed E-state index contributed by atoms with van der Waals surface area (Å²) < 4.78 is 0. The number of amides is 3. The van der Waals surface area contributed by atoms with Gasteiger partial charge in [0.15, 0.2) is 0 Å². The number of hydrogen-bond acceptors (Lipinski definition) is 3. The molecular weight excluding hydrogens is 274 g/mol. The first kappa shape index (κ1) is 14.2. The standard InChI is InChI=1S/C14H21N3O4/c18-10-3-5-17(6-4-15-10)14(21)16-12-9-2-1-8(7-9)11(12)13(19)20/h8-9,11-12H,1-7H2,(H,15,18)(H,16,21)(H,19,20). The van der Waals surface area contributed by atoms with E-state index in [1.807, 2.05) is 0 Å². The van der Waals surface area contributed by atoms with Gasteiger partial charge in [0.05, 0.1) is 5.92 Å². The van der Waals surface area contributed by atoms with E-state index in [4.69, 9.17) is 0 Å². The van der Waals surface area contributed by atoms with Crippen LogP contribution in [0.25, 0.3) is 0 Å². The molecule has 4 atom stereocenters. The number of nitrogens with one attached hydrogen (secondary N) is 2. The van der Waals surface area contributed by atoms with Gasteiger partial charge in [-0.2, -0.15) is 0 Å². The first-order chi connectivity index (χ1) is 10.1. The highest BCUT2D eigenvalue weighted by Crippen LogP contribution is 2.48. The molecule has 21 heavy (non-hydrogen) atoms. The summed E-state index contributed by atoms with van der Waals surface area (Å²) in [4.78, 5) is 36.7. The molecule has 0 aromatic rings. The Bertz CT molecular complexity index is 467. The van der Waals surface area contributed by atoms with Gasteiger partial charge in [-0.3, -0.25) is 9.59 Å². The van der Waals surface area contributed by atoms with Crippen LogP contribution in [0.3, 0.4) is 0 Å². The lowest BCUT2D eigenvalue weighted by Crippen LogP contribution is -2.52. The Kier molecular flexibility index (Phi) is 3.73. The second kappa shape index (κ2) is 5.54. The van der Waals surface area contributed by atoms with E-state index < -0.39 is 11.9 Å². The van der Waals surface area contributed by atoms with Crippen molar-refractivity contribution in [3.63, 3.8) is 0 Å². The zero-order valence-corrected chi connectivity index (χ0v) is 11.9. The van der Waals surface area contributed by atoms with Gasteiger partial charge in [0, 0.05) is 32.1 Å². The molecule has 4 unspecified atom stereocenters. The van der Waals surface area contributed by atoms with Crippen molar-refractivity contribution in [2.24, 2.45) is 17.8 Å². The number of aliphatic carboxylic acids is 1. The Morgan fingerprint density at radius 3 is 2.76 bits per heavy atom. The van der Waals surface area contributed by atoms with E-state index in [0.29, 0.717) is 26.1 Å². The van der Waals surface area contributed by atoms with Crippen molar-refractivity contribution < 1.29 is 19.5 Å². The summed E-state index contributed by atoms with van der Waals surface area (Å²) in [5.74, 6) is -0.828. The van der Waals surface area contributed by atoms with Gasteiger partial charge < -0.3 is 20.6 Å². The van der Waals surface area contributed by atoms with E-state index in [0.717, 1.165) is 19.3 Å². The zero-order chi connectivity index (χ0) is 15.0. The highest BCUT2D eigenvalue weighted by Gasteiger charge is 2.51. The summed E-state index contributed by atoms with van der Waals surface area (Å²) >= 11 is 0. The van der Waals surface area contributed by atoms with E-state index in [9.17, 15) is 19.5 Å². The lowest BCUT2D eigenvalue weighted by Gasteiger charge is -2.31. The normalized spacial score (nSPS) is 35.2. The molecule has 2 bridgehead atoms. The monoisotopic (exact) mass is 295 g/mol. The third-order valence-electron chi connectivity index (χ3n) is 5.09. The number of hydrogen-bond donors (Lipinski definition) is 3. The number of rotatable bonds is 2. The average molecular weight is 295 g/mol.